The minimum Gasteiger partial charge on any atom is -0.409 e. The molecule has 0 aliphatic heterocycles. The molecule has 21 heavy (non-hydrogen) atoms. The van der Waals surface area contributed by atoms with E-state index in [1.54, 1.807) is 24.3 Å². The second kappa shape index (κ2) is 6.16. The van der Waals surface area contributed by atoms with Crippen molar-refractivity contribution in [2.75, 3.05) is 0 Å². The summed E-state index contributed by atoms with van der Waals surface area (Å²) in [6, 6.07) is 6.71. The van der Waals surface area contributed by atoms with E-state index in [4.69, 9.17) is 10.9 Å². The fourth-order valence-corrected chi connectivity index (χ4v) is 2.63. The SMILES string of the molecule is CC(C)(C)CC(C)(C)NC(=O)c1cccc(C(N)=NO)c1. The monoisotopic (exact) mass is 291 g/mol. The van der Waals surface area contributed by atoms with Gasteiger partial charge in [0.15, 0.2) is 5.84 Å². The van der Waals surface area contributed by atoms with Crippen molar-refractivity contribution >= 4 is 11.7 Å². The molecular formula is C16H25N3O2. The number of carbonyl (C=O) groups is 1. The van der Waals surface area contributed by atoms with Crippen molar-refractivity contribution in [3.8, 4) is 0 Å². The third kappa shape index (κ3) is 5.45. The van der Waals surface area contributed by atoms with E-state index in [0.29, 0.717) is 11.1 Å². The van der Waals surface area contributed by atoms with Gasteiger partial charge in [-0.05, 0) is 37.8 Å². The zero-order chi connectivity index (χ0) is 16.3. The van der Waals surface area contributed by atoms with Gasteiger partial charge >= 0.3 is 0 Å². The summed E-state index contributed by atoms with van der Waals surface area (Å²) in [6.07, 6.45) is 0.853. The first-order chi connectivity index (χ1) is 9.54. The average molecular weight is 291 g/mol. The molecule has 0 heterocycles. The molecule has 5 nitrogen and oxygen atoms in total. The predicted octanol–water partition coefficient (Wildman–Crippen LogP) is 2.73. The number of hydrogen-bond donors (Lipinski definition) is 3. The van der Waals surface area contributed by atoms with E-state index >= 15 is 0 Å². The molecule has 4 N–H and O–H groups in total. The molecule has 0 aliphatic rings. The number of nitrogens with two attached hydrogens (primary N) is 1. The lowest BCUT2D eigenvalue weighted by Crippen LogP contribution is -2.45. The van der Waals surface area contributed by atoms with Crippen LogP contribution in [0.3, 0.4) is 0 Å². The van der Waals surface area contributed by atoms with E-state index < -0.39 is 0 Å². The van der Waals surface area contributed by atoms with Gasteiger partial charge in [-0.15, -0.1) is 0 Å². The highest BCUT2D eigenvalue weighted by molar-refractivity contribution is 6.01. The topological polar surface area (TPSA) is 87.7 Å². The maximum absolute atomic E-state index is 12.4. The van der Waals surface area contributed by atoms with Crippen LogP contribution in [0.2, 0.25) is 0 Å². The molecule has 0 bridgehead atoms. The summed E-state index contributed by atoms with van der Waals surface area (Å²) >= 11 is 0. The van der Waals surface area contributed by atoms with Crippen LogP contribution in [-0.4, -0.2) is 22.5 Å². The summed E-state index contributed by atoms with van der Waals surface area (Å²) < 4.78 is 0. The Bertz CT molecular complexity index is 543. The second-order valence-corrected chi connectivity index (χ2v) is 7.14. The lowest BCUT2D eigenvalue weighted by molar-refractivity contribution is 0.0891. The number of hydrogen-bond acceptors (Lipinski definition) is 3. The highest BCUT2D eigenvalue weighted by atomic mass is 16.4. The van der Waals surface area contributed by atoms with Crippen molar-refractivity contribution in [1.82, 2.24) is 5.32 Å². The summed E-state index contributed by atoms with van der Waals surface area (Å²) in [7, 11) is 0. The number of amides is 1. The van der Waals surface area contributed by atoms with Gasteiger partial charge in [-0.3, -0.25) is 4.79 Å². The third-order valence-corrected chi connectivity index (χ3v) is 2.95. The number of benzene rings is 1. The average Bonchev–Trinajstić information content (AvgIpc) is 2.34. The van der Waals surface area contributed by atoms with Gasteiger partial charge in [0.25, 0.3) is 5.91 Å². The molecule has 1 aromatic carbocycles. The van der Waals surface area contributed by atoms with Gasteiger partial charge in [0.2, 0.25) is 0 Å². The Morgan fingerprint density at radius 1 is 1.24 bits per heavy atom. The lowest BCUT2D eigenvalue weighted by Gasteiger charge is -2.33. The smallest absolute Gasteiger partial charge is 0.251 e. The van der Waals surface area contributed by atoms with E-state index in [9.17, 15) is 4.79 Å². The van der Waals surface area contributed by atoms with Crippen LogP contribution < -0.4 is 11.1 Å². The third-order valence-electron chi connectivity index (χ3n) is 2.95. The molecule has 1 amide bonds. The van der Waals surface area contributed by atoms with E-state index in [-0.39, 0.29) is 22.7 Å². The summed E-state index contributed by atoms with van der Waals surface area (Å²) in [5.74, 6) is -0.185. The predicted molar refractivity (Wildman–Crippen MR) is 84.6 cm³/mol. The summed E-state index contributed by atoms with van der Waals surface area (Å²) in [5.41, 5.74) is 6.34. The highest BCUT2D eigenvalue weighted by Crippen LogP contribution is 2.27. The summed E-state index contributed by atoms with van der Waals surface area (Å²) in [6.45, 7) is 10.4. The molecule has 116 valence electrons. The molecule has 5 heteroatoms. The Morgan fingerprint density at radius 3 is 2.33 bits per heavy atom. The van der Waals surface area contributed by atoms with Crippen molar-refractivity contribution in [1.29, 1.82) is 0 Å². The lowest BCUT2D eigenvalue weighted by atomic mass is 9.81. The van der Waals surface area contributed by atoms with Crippen LogP contribution in [0, 0.1) is 5.41 Å². The van der Waals surface area contributed by atoms with Crippen LogP contribution in [0.25, 0.3) is 0 Å². The van der Waals surface area contributed by atoms with E-state index in [1.807, 2.05) is 13.8 Å². The van der Waals surface area contributed by atoms with E-state index in [2.05, 4.69) is 31.2 Å². The maximum atomic E-state index is 12.4. The Morgan fingerprint density at radius 2 is 1.81 bits per heavy atom. The fraction of sp³-hybridized carbons (Fsp3) is 0.500. The van der Waals surface area contributed by atoms with Crippen LogP contribution >= 0.6 is 0 Å². The minimum absolute atomic E-state index is 0.0152. The molecule has 0 unspecified atom stereocenters. The van der Waals surface area contributed by atoms with Gasteiger partial charge in [0.1, 0.15) is 0 Å². The Labute approximate surface area is 126 Å². The Kier molecular flexibility index (Phi) is 4.99. The number of nitrogens with one attached hydrogen (secondary N) is 1. The zero-order valence-corrected chi connectivity index (χ0v) is 13.4. The first-order valence-electron chi connectivity index (χ1n) is 6.94. The van der Waals surface area contributed by atoms with Crippen LogP contribution in [0.5, 0.6) is 0 Å². The Hall–Kier alpha value is -2.04. The van der Waals surface area contributed by atoms with Crippen LogP contribution in [0.15, 0.2) is 29.4 Å². The summed E-state index contributed by atoms with van der Waals surface area (Å²) in [4.78, 5) is 12.4. The van der Waals surface area contributed by atoms with Gasteiger partial charge in [-0.25, -0.2) is 0 Å². The molecule has 0 radical (unpaired) electrons. The molecule has 0 atom stereocenters. The van der Waals surface area contributed by atoms with Crippen LogP contribution in [-0.2, 0) is 0 Å². The second-order valence-electron chi connectivity index (χ2n) is 7.14. The maximum Gasteiger partial charge on any atom is 0.251 e. The van der Waals surface area contributed by atoms with Gasteiger partial charge in [-0.2, -0.15) is 0 Å². The molecule has 0 saturated carbocycles. The molecule has 0 spiro atoms. The largest absolute Gasteiger partial charge is 0.409 e. The first-order valence-corrected chi connectivity index (χ1v) is 6.94. The molecule has 0 fully saturated rings. The zero-order valence-electron chi connectivity index (χ0n) is 13.4. The van der Waals surface area contributed by atoms with E-state index in [1.165, 1.54) is 0 Å². The van der Waals surface area contributed by atoms with Gasteiger partial charge < -0.3 is 16.3 Å². The quantitative estimate of drug-likeness (QED) is 0.345. The molecular weight excluding hydrogens is 266 g/mol. The van der Waals surface area contributed by atoms with Crippen LogP contribution in [0.4, 0.5) is 0 Å². The Balaban J connectivity index is 2.90. The van der Waals surface area contributed by atoms with Crippen molar-refractivity contribution in [2.45, 2.75) is 46.6 Å². The van der Waals surface area contributed by atoms with Gasteiger partial charge in [0, 0.05) is 16.7 Å². The molecule has 0 aromatic heterocycles. The standard InChI is InChI=1S/C16H25N3O2/c1-15(2,3)10-16(4,5)18-14(20)12-8-6-7-11(9-12)13(17)19-21/h6-9,21H,10H2,1-5H3,(H2,17,19)(H,18,20). The molecule has 1 rings (SSSR count). The fourth-order valence-electron chi connectivity index (χ4n) is 2.63. The normalized spacial score (nSPS) is 13.1. The number of oxime groups is 1. The number of rotatable bonds is 4. The van der Waals surface area contributed by atoms with Crippen molar-refractivity contribution in [2.24, 2.45) is 16.3 Å². The number of carbonyl (C=O) groups excluding carboxylic acids is 1. The molecule has 0 aliphatic carbocycles. The van der Waals surface area contributed by atoms with Crippen molar-refractivity contribution < 1.29 is 10.0 Å². The van der Waals surface area contributed by atoms with Gasteiger partial charge in [-0.1, -0.05) is 38.1 Å². The van der Waals surface area contributed by atoms with Crippen molar-refractivity contribution in [3.05, 3.63) is 35.4 Å². The van der Waals surface area contributed by atoms with Crippen molar-refractivity contribution in [3.63, 3.8) is 0 Å². The van der Waals surface area contributed by atoms with E-state index in [0.717, 1.165) is 6.42 Å². The first kappa shape index (κ1) is 17.0. The molecule has 0 saturated heterocycles. The summed E-state index contributed by atoms with van der Waals surface area (Å²) in [5, 5.41) is 14.7. The number of nitrogens with zero attached hydrogens (tertiary/aromatic N) is 1. The highest BCUT2D eigenvalue weighted by Gasteiger charge is 2.27. The van der Waals surface area contributed by atoms with Gasteiger partial charge in [0.05, 0.1) is 0 Å². The molecule has 1 aromatic rings. The minimum atomic E-state index is -0.318. The van der Waals surface area contributed by atoms with Crippen LogP contribution in [0.1, 0.15) is 57.0 Å². The number of amidine groups is 1.